The number of alkyl halides is 1. The number of nitrogens with one attached hydrogen (secondary N) is 1. The number of carbonyl (C=O) groups is 1. The van der Waals surface area contributed by atoms with Crippen molar-refractivity contribution in [2.75, 3.05) is 12.4 Å². The summed E-state index contributed by atoms with van der Waals surface area (Å²) in [5.41, 5.74) is 1.61. The number of hydrogen-bond acceptors (Lipinski definition) is 1. The van der Waals surface area contributed by atoms with Gasteiger partial charge in [-0.05, 0) is 37.5 Å². The van der Waals surface area contributed by atoms with Crippen LogP contribution in [0.15, 0.2) is 18.2 Å². The average molecular weight is 272 g/mol. The second kappa shape index (κ2) is 4.87. The molecular formula is C13H15Cl2NO. The number of halogens is 2. The Morgan fingerprint density at radius 1 is 1.47 bits per heavy atom. The van der Waals surface area contributed by atoms with Crippen LogP contribution in [0.2, 0.25) is 5.02 Å². The van der Waals surface area contributed by atoms with Gasteiger partial charge in [0.15, 0.2) is 0 Å². The van der Waals surface area contributed by atoms with Gasteiger partial charge >= 0.3 is 0 Å². The number of benzene rings is 1. The summed E-state index contributed by atoms with van der Waals surface area (Å²) in [5, 5.41) is 3.56. The lowest BCUT2D eigenvalue weighted by Crippen LogP contribution is -2.31. The Bertz CT molecular complexity index is 441. The lowest BCUT2D eigenvalue weighted by atomic mass is 10.1. The zero-order valence-electron chi connectivity index (χ0n) is 9.72. The molecule has 1 aromatic carbocycles. The van der Waals surface area contributed by atoms with Crippen LogP contribution in [-0.2, 0) is 0 Å². The molecule has 1 aromatic rings. The fourth-order valence-electron chi connectivity index (χ4n) is 1.75. The van der Waals surface area contributed by atoms with Crippen molar-refractivity contribution < 1.29 is 4.79 Å². The van der Waals surface area contributed by atoms with Crippen LogP contribution in [0.25, 0.3) is 0 Å². The highest BCUT2D eigenvalue weighted by molar-refractivity contribution is 6.31. The molecule has 0 spiro atoms. The summed E-state index contributed by atoms with van der Waals surface area (Å²) in [7, 11) is 0. The van der Waals surface area contributed by atoms with E-state index in [4.69, 9.17) is 23.2 Å². The molecule has 0 heterocycles. The molecule has 1 aliphatic carbocycles. The van der Waals surface area contributed by atoms with Crippen LogP contribution in [0.4, 0.5) is 0 Å². The Hall–Kier alpha value is -0.730. The lowest BCUT2D eigenvalue weighted by molar-refractivity contribution is 0.0946. The van der Waals surface area contributed by atoms with E-state index in [-0.39, 0.29) is 11.3 Å². The molecular weight excluding hydrogens is 257 g/mol. The van der Waals surface area contributed by atoms with Crippen LogP contribution in [0.5, 0.6) is 0 Å². The zero-order valence-corrected chi connectivity index (χ0v) is 11.2. The van der Waals surface area contributed by atoms with Gasteiger partial charge in [0.2, 0.25) is 0 Å². The fourth-order valence-corrected chi connectivity index (χ4v) is 2.29. The minimum absolute atomic E-state index is 0.0682. The van der Waals surface area contributed by atoms with Crippen molar-refractivity contribution in [1.29, 1.82) is 0 Å². The van der Waals surface area contributed by atoms with Gasteiger partial charge in [0, 0.05) is 28.4 Å². The number of rotatable bonds is 4. The summed E-state index contributed by atoms with van der Waals surface area (Å²) in [4.78, 5) is 12.0. The second-order valence-corrected chi connectivity index (χ2v) is 5.40. The Labute approximate surface area is 111 Å². The summed E-state index contributed by atoms with van der Waals surface area (Å²) >= 11 is 11.9. The average Bonchev–Trinajstić information content (AvgIpc) is 3.10. The third-order valence-electron chi connectivity index (χ3n) is 3.38. The van der Waals surface area contributed by atoms with E-state index in [1.54, 1.807) is 18.2 Å². The maximum absolute atomic E-state index is 12.0. The van der Waals surface area contributed by atoms with Crippen LogP contribution in [0.1, 0.15) is 28.8 Å². The van der Waals surface area contributed by atoms with E-state index < -0.39 is 0 Å². The van der Waals surface area contributed by atoms with E-state index in [0.29, 0.717) is 23.0 Å². The van der Waals surface area contributed by atoms with E-state index in [0.717, 1.165) is 18.4 Å². The maximum Gasteiger partial charge on any atom is 0.251 e. The van der Waals surface area contributed by atoms with Crippen LogP contribution in [-0.4, -0.2) is 18.3 Å². The van der Waals surface area contributed by atoms with E-state index in [1.165, 1.54) is 0 Å². The Morgan fingerprint density at radius 2 is 2.18 bits per heavy atom. The number of hydrogen-bond donors (Lipinski definition) is 1. The summed E-state index contributed by atoms with van der Waals surface area (Å²) in [6, 6.07) is 5.37. The summed E-state index contributed by atoms with van der Waals surface area (Å²) in [6.45, 7) is 2.51. The topological polar surface area (TPSA) is 29.1 Å². The van der Waals surface area contributed by atoms with Gasteiger partial charge in [-0.15, -0.1) is 11.6 Å². The number of carbonyl (C=O) groups excluding carboxylic acids is 1. The standard InChI is InChI=1S/C13H15Cl2NO/c1-9-10(3-2-4-11(9)15)12(17)16-8-13(7-14)5-6-13/h2-4H,5-8H2,1H3,(H,16,17). The first kappa shape index (κ1) is 12.7. The SMILES string of the molecule is Cc1c(Cl)cccc1C(=O)NCC1(CCl)CC1. The highest BCUT2D eigenvalue weighted by Crippen LogP contribution is 2.45. The molecule has 1 N–H and O–H groups in total. The van der Waals surface area contributed by atoms with Crippen LogP contribution < -0.4 is 5.32 Å². The van der Waals surface area contributed by atoms with Crippen molar-refractivity contribution >= 4 is 29.1 Å². The smallest absolute Gasteiger partial charge is 0.251 e. The Morgan fingerprint density at radius 3 is 2.76 bits per heavy atom. The summed E-state index contributed by atoms with van der Waals surface area (Å²) < 4.78 is 0. The van der Waals surface area contributed by atoms with Crippen LogP contribution in [0, 0.1) is 12.3 Å². The largest absolute Gasteiger partial charge is 0.351 e. The highest BCUT2D eigenvalue weighted by atomic mass is 35.5. The molecule has 1 saturated carbocycles. The van der Waals surface area contributed by atoms with Crippen molar-refractivity contribution in [2.24, 2.45) is 5.41 Å². The quantitative estimate of drug-likeness (QED) is 0.836. The molecule has 0 aromatic heterocycles. The normalized spacial score (nSPS) is 16.6. The molecule has 17 heavy (non-hydrogen) atoms. The van der Waals surface area contributed by atoms with E-state index in [9.17, 15) is 4.79 Å². The predicted molar refractivity (Wildman–Crippen MR) is 70.9 cm³/mol. The van der Waals surface area contributed by atoms with Crippen molar-refractivity contribution in [3.63, 3.8) is 0 Å². The molecule has 1 fully saturated rings. The molecule has 1 aliphatic rings. The van der Waals surface area contributed by atoms with E-state index in [2.05, 4.69) is 5.32 Å². The first-order valence-electron chi connectivity index (χ1n) is 5.67. The molecule has 0 aliphatic heterocycles. The van der Waals surface area contributed by atoms with Gasteiger partial charge in [0.1, 0.15) is 0 Å². The van der Waals surface area contributed by atoms with Gasteiger partial charge < -0.3 is 5.32 Å². The van der Waals surface area contributed by atoms with Gasteiger partial charge in [0.25, 0.3) is 5.91 Å². The Balaban J connectivity index is 2.02. The molecule has 0 radical (unpaired) electrons. The van der Waals surface area contributed by atoms with Gasteiger partial charge in [-0.3, -0.25) is 4.79 Å². The van der Waals surface area contributed by atoms with Crippen molar-refractivity contribution in [3.05, 3.63) is 34.3 Å². The summed E-state index contributed by atoms with van der Waals surface area (Å²) in [5.74, 6) is 0.545. The fraction of sp³-hybridized carbons (Fsp3) is 0.462. The molecule has 2 nitrogen and oxygen atoms in total. The van der Waals surface area contributed by atoms with Gasteiger partial charge in [-0.1, -0.05) is 17.7 Å². The first-order valence-corrected chi connectivity index (χ1v) is 6.58. The molecule has 4 heteroatoms. The maximum atomic E-state index is 12.0. The molecule has 0 saturated heterocycles. The third-order valence-corrected chi connectivity index (χ3v) is 4.35. The van der Waals surface area contributed by atoms with Crippen molar-refractivity contribution in [3.8, 4) is 0 Å². The van der Waals surface area contributed by atoms with Crippen molar-refractivity contribution in [1.82, 2.24) is 5.32 Å². The zero-order chi connectivity index (χ0) is 12.5. The highest BCUT2D eigenvalue weighted by Gasteiger charge is 2.41. The molecule has 92 valence electrons. The first-order chi connectivity index (χ1) is 8.08. The van der Waals surface area contributed by atoms with Crippen molar-refractivity contribution in [2.45, 2.75) is 19.8 Å². The van der Waals surface area contributed by atoms with Gasteiger partial charge in [-0.25, -0.2) is 0 Å². The Kier molecular flexibility index (Phi) is 3.64. The lowest BCUT2D eigenvalue weighted by Gasteiger charge is -2.13. The van der Waals surface area contributed by atoms with E-state index in [1.807, 2.05) is 6.92 Å². The minimum Gasteiger partial charge on any atom is -0.351 e. The van der Waals surface area contributed by atoms with Crippen LogP contribution >= 0.6 is 23.2 Å². The molecule has 1 amide bonds. The predicted octanol–water partition coefficient (Wildman–Crippen LogP) is 3.40. The minimum atomic E-state index is -0.0682. The molecule has 0 bridgehead atoms. The van der Waals surface area contributed by atoms with Crippen LogP contribution in [0.3, 0.4) is 0 Å². The monoisotopic (exact) mass is 271 g/mol. The number of amides is 1. The van der Waals surface area contributed by atoms with Gasteiger partial charge in [0.05, 0.1) is 0 Å². The molecule has 0 unspecified atom stereocenters. The summed E-state index contributed by atoms with van der Waals surface area (Å²) in [6.07, 6.45) is 2.20. The second-order valence-electron chi connectivity index (χ2n) is 4.73. The van der Waals surface area contributed by atoms with E-state index >= 15 is 0 Å². The third kappa shape index (κ3) is 2.75. The molecule has 0 atom stereocenters. The molecule has 2 rings (SSSR count). The van der Waals surface area contributed by atoms with Gasteiger partial charge in [-0.2, -0.15) is 0 Å².